The van der Waals surface area contributed by atoms with Crippen molar-refractivity contribution in [1.82, 2.24) is 10.2 Å². The monoisotopic (exact) mass is 250 g/mol. The van der Waals surface area contributed by atoms with Crippen LogP contribution in [0.2, 0.25) is 0 Å². The summed E-state index contributed by atoms with van der Waals surface area (Å²) in [7, 11) is 4.50. The van der Waals surface area contributed by atoms with Gasteiger partial charge in [0.25, 0.3) is 0 Å². The fourth-order valence-electron chi connectivity index (χ4n) is 3.42. The van der Waals surface area contributed by atoms with Crippen molar-refractivity contribution in [2.24, 2.45) is 0 Å². The normalized spacial score (nSPS) is 20.3. The molecule has 0 amide bonds. The Morgan fingerprint density at radius 3 is 2.39 bits per heavy atom. The summed E-state index contributed by atoms with van der Waals surface area (Å²) in [5, 5.41) is 3.72. The van der Waals surface area contributed by atoms with Crippen molar-refractivity contribution in [3.63, 3.8) is 0 Å². The summed E-state index contributed by atoms with van der Waals surface area (Å²) in [5.41, 5.74) is 0.351. The lowest BCUT2D eigenvalue weighted by Gasteiger charge is -2.49. The van der Waals surface area contributed by atoms with Gasteiger partial charge in [0.1, 0.15) is 0 Å². The predicted octanol–water partition coefficient (Wildman–Crippen LogP) is 3.03. The van der Waals surface area contributed by atoms with Crippen LogP contribution in [-0.2, 0) is 0 Å². The predicted molar refractivity (Wildman–Crippen MR) is 79.7 cm³/mol. The molecule has 1 N–H and O–H groups in total. The maximum Gasteiger partial charge on any atom is 0.0356 e. The summed E-state index contributed by atoms with van der Waals surface area (Å²) in [5.74, 6) is 6.24. The number of rotatable bonds is 6. The minimum atomic E-state index is 0.351. The van der Waals surface area contributed by atoms with Gasteiger partial charge in [0, 0.05) is 18.0 Å². The van der Waals surface area contributed by atoms with Gasteiger partial charge in [-0.3, -0.25) is 0 Å². The molecule has 0 bridgehead atoms. The molecule has 1 saturated carbocycles. The Balaban J connectivity index is 2.78. The Hall–Kier alpha value is -0.520. The first-order valence-electron chi connectivity index (χ1n) is 7.47. The topological polar surface area (TPSA) is 15.3 Å². The van der Waals surface area contributed by atoms with E-state index in [1.807, 2.05) is 6.92 Å². The Bertz CT molecular complexity index is 279. The molecule has 18 heavy (non-hydrogen) atoms. The Morgan fingerprint density at radius 2 is 1.89 bits per heavy atom. The molecule has 0 aromatic rings. The summed E-state index contributed by atoms with van der Waals surface area (Å²) in [6, 6.07) is 0.582. The number of likely N-dealkylation sites (N-methyl/N-ethyl adjacent to an activating group) is 2. The summed E-state index contributed by atoms with van der Waals surface area (Å²) in [4.78, 5) is 2.47. The molecule has 1 fully saturated rings. The van der Waals surface area contributed by atoms with Crippen molar-refractivity contribution in [3.05, 3.63) is 0 Å². The van der Waals surface area contributed by atoms with Crippen LogP contribution in [0, 0.1) is 11.8 Å². The fourth-order valence-corrected chi connectivity index (χ4v) is 3.42. The molecular formula is C16H30N2. The van der Waals surface area contributed by atoms with E-state index in [4.69, 9.17) is 0 Å². The zero-order valence-corrected chi connectivity index (χ0v) is 12.7. The molecular weight excluding hydrogens is 220 g/mol. The molecule has 2 nitrogen and oxygen atoms in total. The molecule has 0 aliphatic heterocycles. The molecule has 0 saturated heterocycles. The maximum atomic E-state index is 3.72. The average molecular weight is 250 g/mol. The van der Waals surface area contributed by atoms with Crippen LogP contribution in [-0.4, -0.2) is 37.1 Å². The maximum absolute atomic E-state index is 3.72. The van der Waals surface area contributed by atoms with Gasteiger partial charge in [-0.05, 0) is 46.8 Å². The van der Waals surface area contributed by atoms with E-state index in [0.29, 0.717) is 11.6 Å². The van der Waals surface area contributed by atoms with Crippen LogP contribution in [0.1, 0.15) is 58.8 Å². The van der Waals surface area contributed by atoms with Gasteiger partial charge in [0.05, 0.1) is 0 Å². The highest BCUT2D eigenvalue weighted by Gasteiger charge is 2.40. The summed E-state index contributed by atoms with van der Waals surface area (Å²) >= 11 is 0. The summed E-state index contributed by atoms with van der Waals surface area (Å²) < 4.78 is 0. The quantitative estimate of drug-likeness (QED) is 0.729. The van der Waals surface area contributed by atoms with Crippen LogP contribution in [0.5, 0.6) is 0 Å². The summed E-state index contributed by atoms with van der Waals surface area (Å²) in [6.07, 6.45) is 9.01. The van der Waals surface area contributed by atoms with E-state index < -0.39 is 0 Å². The molecule has 0 heterocycles. The van der Waals surface area contributed by atoms with Crippen molar-refractivity contribution < 1.29 is 0 Å². The van der Waals surface area contributed by atoms with Gasteiger partial charge >= 0.3 is 0 Å². The van der Waals surface area contributed by atoms with Gasteiger partial charge in [-0.1, -0.05) is 26.2 Å². The largest absolute Gasteiger partial charge is 0.312 e. The molecule has 104 valence electrons. The number of hydrogen-bond acceptors (Lipinski definition) is 2. The van der Waals surface area contributed by atoms with Gasteiger partial charge in [0.15, 0.2) is 0 Å². The van der Waals surface area contributed by atoms with E-state index in [1.165, 1.54) is 38.5 Å². The van der Waals surface area contributed by atoms with E-state index in [1.54, 1.807) is 0 Å². The van der Waals surface area contributed by atoms with Crippen molar-refractivity contribution in [2.45, 2.75) is 70.4 Å². The zero-order chi connectivity index (χ0) is 13.4. The second kappa shape index (κ2) is 7.81. The second-order valence-corrected chi connectivity index (χ2v) is 5.63. The molecule has 1 aliphatic rings. The lowest BCUT2D eigenvalue weighted by Crippen LogP contribution is -2.59. The minimum Gasteiger partial charge on any atom is -0.312 e. The first-order valence-corrected chi connectivity index (χ1v) is 7.47. The van der Waals surface area contributed by atoms with Gasteiger partial charge < -0.3 is 10.2 Å². The summed E-state index contributed by atoms with van der Waals surface area (Å²) in [6.45, 7) is 5.20. The molecule has 1 aliphatic carbocycles. The van der Waals surface area contributed by atoms with Gasteiger partial charge in [-0.2, -0.15) is 0 Å². The van der Waals surface area contributed by atoms with Crippen LogP contribution < -0.4 is 5.32 Å². The highest BCUT2D eigenvalue weighted by molar-refractivity contribution is 5.03. The van der Waals surface area contributed by atoms with E-state index in [-0.39, 0.29) is 0 Å². The standard InChI is InChI=1S/C16H30N2/c1-5-7-9-12-15(17-6-2)16(18(3)4)13-10-8-11-14-16/h15,17H,6,8-14H2,1-4H3. The van der Waals surface area contributed by atoms with E-state index >= 15 is 0 Å². The highest BCUT2D eigenvalue weighted by Crippen LogP contribution is 2.36. The van der Waals surface area contributed by atoms with Crippen molar-refractivity contribution in [1.29, 1.82) is 0 Å². The van der Waals surface area contributed by atoms with Crippen molar-refractivity contribution >= 4 is 0 Å². The Labute approximate surface area is 114 Å². The first-order chi connectivity index (χ1) is 8.67. The van der Waals surface area contributed by atoms with Crippen LogP contribution >= 0.6 is 0 Å². The van der Waals surface area contributed by atoms with Crippen molar-refractivity contribution in [3.8, 4) is 11.8 Å². The Kier molecular flexibility index (Phi) is 6.75. The van der Waals surface area contributed by atoms with Crippen LogP contribution in [0.15, 0.2) is 0 Å². The first kappa shape index (κ1) is 15.5. The van der Waals surface area contributed by atoms with Crippen molar-refractivity contribution in [2.75, 3.05) is 20.6 Å². The second-order valence-electron chi connectivity index (χ2n) is 5.63. The van der Waals surface area contributed by atoms with E-state index in [0.717, 1.165) is 13.0 Å². The number of hydrogen-bond donors (Lipinski definition) is 1. The third kappa shape index (κ3) is 3.73. The third-order valence-electron chi connectivity index (χ3n) is 4.44. The van der Waals surface area contributed by atoms with Crippen LogP contribution in [0.4, 0.5) is 0 Å². The minimum absolute atomic E-state index is 0.351. The van der Waals surface area contributed by atoms with Gasteiger partial charge in [0.2, 0.25) is 0 Å². The SMILES string of the molecule is CC#CCCC(NCC)C1(N(C)C)CCCCC1. The number of nitrogens with one attached hydrogen (secondary N) is 1. The lowest BCUT2D eigenvalue weighted by molar-refractivity contribution is 0.0546. The van der Waals surface area contributed by atoms with Crippen LogP contribution in [0.3, 0.4) is 0 Å². The van der Waals surface area contributed by atoms with E-state index in [2.05, 4.69) is 43.1 Å². The van der Waals surface area contributed by atoms with Gasteiger partial charge in [-0.25, -0.2) is 0 Å². The number of nitrogens with zero attached hydrogens (tertiary/aromatic N) is 1. The molecule has 0 radical (unpaired) electrons. The average Bonchev–Trinajstić information content (AvgIpc) is 2.38. The van der Waals surface area contributed by atoms with Crippen LogP contribution in [0.25, 0.3) is 0 Å². The smallest absolute Gasteiger partial charge is 0.0356 e. The fraction of sp³-hybridized carbons (Fsp3) is 0.875. The molecule has 1 unspecified atom stereocenters. The molecule has 0 spiro atoms. The highest BCUT2D eigenvalue weighted by atomic mass is 15.2. The molecule has 1 atom stereocenters. The van der Waals surface area contributed by atoms with E-state index in [9.17, 15) is 0 Å². The molecule has 2 heteroatoms. The third-order valence-corrected chi connectivity index (χ3v) is 4.44. The molecule has 0 aromatic heterocycles. The zero-order valence-electron chi connectivity index (χ0n) is 12.7. The Morgan fingerprint density at radius 1 is 1.22 bits per heavy atom. The molecule has 0 aromatic carbocycles. The lowest BCUT2D eigenvalue weighted by atomic mass is 9.74. The molecule has 1 rings (SSSR count). The van der Waals surface area contributed by atoms with Gasteiger partial charge in [-0.15, -0.1) is 11.8 Å².